The topological polar surface area (TPSA) is 31.7 Å². The summed E-state index contributed by atoms with van der Waals surface area (Å²) in [5, 5.41) is 1.74. The molecule has 0 saturated carbocycles. The molecule has 0 unspecified atom stereocenters. The van der Waals surface area contributed by atoms with E-state index in [1.807, 2.05) is 28.0 Å². The number of rotatable bonds is 6. The van der Waals surface area contributed by atoms with Crippen LogP contribution < -0.4 is 0 Å². The smallest absolute Gasteiger partial charge is 0.320 e. The Hall–Kier alpha value is -3.25. The summed E-state index contributed by atoms with van der Waals surface area (Å²) in [7, 11) is 0. The summed E-state index contributed by atoms with van der Waals surface area (Å²) in [5.41, 5.74) is 4.05. The maximum Gasteiger partial charge on any atom is 0.320 e. The number of carbonyl (C=O) groups is 1. The number of aromatic nitrogens is 1. The summed E-state index contributed by atoms with van der Waals surface area (Å²) in [6.07, 6.45) is 8.44. The summed E-state index contributed by atoms with van der Waals surface area (Å²) in [5.74, 6) is -0.249. The molecular formula is C27H28ClFN4O. The quantitative estimate of drug-likeness (QED) is 0.440. The van der Waals surface area contributed by atoms with E-state index in [1.54, 1.807) is 12.1 Å². The Balaban J connectivity index is 1.33. The molecule has 176 valence electrons. The van der Waals surface area contributed by atoms with Crippen LogP contribution in [0.3, 0.4) is 0 Å². The molecule has 0 N–H and O–H groups in total. The molecule has 5 nitrogen and oxygen atoms in total. The van der Waals surface area contributed by atoms with Crippen LogP contribution in [-0.4, -0.2) is 64.1 Å². The molecule has 5 rings (SSSR count). The lowest BCUT2D eigenvalue weighted by Crippen LogP contribution is -2.39. The minimum absolute atomic E-state index is 0.135. The van der Waals surface area contributed by atoms with Gasteiger partial charge in [-0.05, 0) is 55.8 Å². The van der Waals surface area contributed by atoms with Gasteiger partial charge in [-0.3, -0.25) is 0 Å². The summed E-state index contributed by atoms with van der Waals surface area (Å²) in [6, 6.07) is 12.8. The highest BCUT2D eigenvalue weighted by Crippen LogP contribution is 2.34. The van der Waals surface area contributed by atoms with E-state index in [2.05, 4.69) is 47.9 Å². The number of benzene rings is 2. The van der Waals surface area contributed by atoms with Crippen LogP contribution in [0.4, 0.5) is 9.18 Å². The Morgan fingerprint density at radius 1 is 1.06 bits per heavy atom. The van der Waals surface area contributed by atoms with Gasteiger partial charge in [-0.25, -0.2) is 9.18 Å². The van der Waals surface area contributed by atoms with Gasteiger partial charge in [0.2, 0.25) is 0 Å². The molecule has 0 radical (unpaired) electrons. The molecule has 2 aliphatic rings. The van der Waals surface area contributed by atoms with Crippen molar-refractivity contribution in [1.29, 1.82) is 0 Å². The van der Waals surface area contributed by atoms with Crippen molar-refractivity contribution in [3.05, 3.63) is 77.9 Å². The van der Waals surface area contributed by atoms with Crippen LogP contribution in [0.2, 0.25) is 5.02 Å². The second-order valence-corrected chi connectivity index (χ2v) is 9.51. The minimum atomic E-state index is -0.249. The van der Waals surface area contributed by atoms with Gasteiger partial charge < -0.3 is 19.3 Å². The third-order valence-corrected chi connectivity index (χ3v) is 6.83. The van der Waals surface area contributed by atoms with Crippen LogP contribution in [0, 0.1) is 5.82 Å². The van der Waals surface area contributed by atoms with Gasteiger partial charge in [-0.2, -0.15) is 0 Å². The Kier molecular flexibility index (Phi) is 6.09. The molecule has 34 heavy (non-hydrogen) atoms. The van der Waals surface area contributed by atoms with Crippen LogP contribution in [0.15, 0.2) is 67.0 Å². The Morgan fingerprint density at radius 2 is 1.85 bits per heavy atom. The predicted molar refractivity (Wildman–Crippen MR) is 136 cm³/mol. The fourth-order valence-electron chi connectivity index (χ4n) is 4.68. The number of carbonyl (C=O) groups excluding carboxylic acids is 1. The summed E-state index contributed by atoms with van der Waals surface area (Å²) < 4.78 is 15.6. The lowest BCUT2D eigenvalue weighted by Gasteiger charge is -2.26. The number of fused-ring (bicyclic) bond motifs is 1. The van der Waals surface area contributed by atoms with Gasteiger partial charge in [0.1, 0.15) is 5.82 Å². The molecule has 2 aliphatic heterocycles. The van der Waals surface area contributed by atoms with Crippen LogP contribution in [0.5, 0.6) is 0 Å². The maximum atomic E-state index is 13.5. The SMILES string of the molecule is CC(C)N1CCN(CCN2C=CC(n3cc(-c4ccc(F)cc4)c4ccc(Cl)cc43)=CC2)C1=O. The fraction of sp³-hybridized carbons (Fsp3) is 0.296. The van der Waals surface area contributed by atoms with Crippen molar-refractivity contribution in [2.24, 2.45) is 0 Å². The second kappa shape index (κ2) is 9.18. The van der Waals surface area contributed by atoms with Gasteiger partial charge in [-0.15, -0.1) is 0 Å². The number of nitrogens with zero attached hydrogens (tertiary/aromatic N) is 4. The molecule has 1 aromatic heterocycles. The summed E-state index contributed by atoms with van der Waals surface area (Å²) in [6.45, 7) is 7.96. The molecular weight excluding hydrogens is 451 g/mol. The molecule has 0 spiro atoms. The number of urea groups is 1. The largest absolute Gasteiger partial charge is 0.372 e. The number of halogens is 2. The van der Waals surface area contributed by atoms with Crippen molar-refractivity contribution in [1.82, 2.24) is 19.3 Å². The van der Waals surface area contributed by atoms with Crippen molar-refractivity contribution in [2.45, 2.75) is 19.9 Å². The van der Waals surface area contributed by atoms with Gasteiger partial charge >= 0.3 is 6.03 Å². The Bertz CT molecular complexity index is 1280. The van der Waals surface area contributed by atoms with E-state index in [4.69, 9.17) is 11.6 Å². The number of allylic oxidation sites excluding steroid dienone is 2. The summed E-state index contributed by atoms with van der Waals surface area (Å²) >= 11 is 6.33. The minimum Gasteiger partial charge on any atom is -0.372 e. The van der Waals surface area contributed by atoms with Crippen molar-refractivity contribution < 1.29 is 9.18 Å². The lowest BCUT2D eigenvalue weighted by molar-refractivity contribution is 0.180. The van der Waals surface area contributed by atoms with Crippen LogP contribution in [0.1, 0.15) is 13.8 Å². The lowest BCUT2D eigenvalue weighted by atomic mass is 10.1. The van der Waals surface area contributed by atoms with Crippen molar-refractivity contribution >= 4 is 34.2 Å². The zero-order valence-electron chi connectivity index (χ0n) is 19.4. The Morgan fingerprint density at radius 3 is 2.53 bits per heavy atom. The first-order valence-corrected chi connectivity index (χ1v) is 12.0. The maximum absolute atomic E-state index is 13.5. The second-order valence-electron chi connectivity index (χ2n) is 9.08. The van der Waals surface area contributed by atoms with Crippen LogP contribution >= 0.6 is 11.6 Å². The first-order valence-electron chi connectivity index (χ1n) is 11.7. The molecule has 3 aromatic rings. The zero-order valence-corrected chi connectivity index (χ0v) is 20.2. The van der Waals surface area contributed by atoms with E-state index in [0.717, 1.165) is 53.9 Å². The highest BCUT2D eigenvalue weighted by molar-refractivity contribution is 6.31. The third-order valence-electron chi connectivity index (χ3n) is 6.60. The number of hydrogen-bond acceptors (Lipinski definition) is 2. The zero-order chi connectivity index (χ0) is 23.8. The molecule has 0 bridgehead atoms. The van der Waals surface area contributed by atoms with E-state index in [9.17, 15) is 9.18 Å². The van der Waals surface area contributed by atoms with Gasteiger partial charge in [0, 0.05) is 72.8 Å². The highest BCUT2D eigenvalue weighted by Gasteiger charge is 2.29. The van der Waals surface area contributed by atoms with Crippen LogP contribution in [0.25, 0.3) is 27.7 Å². The molecule has 3 heterocycles. The van der Waals surface area contributed by atoms with E-state index in [1.165, 1.54) is 12.1 Å². The van der Waals surface area contributed by atoms with E-state index in [0.29, 0.717) is 11.6 Å². The fourth-order valence-corrected chi connectivity index (χ4v) is 4.84. The highest BCUT2D eigenvalue weighted by atomic mass is 35.5. The summed E-state index contributed by atoms with van der Waals surface area (Å²) in [4.78, 5) is 18.6. The predicted octanol–water partition coefficient (Wildman–Crippen LogP) is 5.92. The average Bonchev–Trinajstić information content (AvgIpc) is 3.39. The van der Waals surface area contributed by atoms with E-state index >= 15 is 0 Å². The first-order chi connectivity index (χ1) is 16.4. The number of amides is 2. The Labute approximate surface area is 204 Å². The van der Waals surface area contributed by atoms with Crippen molar-refractivity contribution in [2.75, 3.05) is 32.7 Å². The van der Waals surface area contributed by atoms with Gasteiger partial charge in [0.05, 0.1) is 5.52 Å². The average molecular weight is 479 g/mol. The molecule has 2 amide bonds. The van der Waals surface area contributed by atoms with Gasteiger partial charge in [-0.1, -0.05) is 29.8 Å². The first kappa shape index (κ1) is 22.5. The monoisotopic (exact) mass is 478 g/mol. The standard InChI is InChI=1S/C27H28ClFN4O/c1-19(2)32-16-15-31(27(32)34)14-13-30-11-9-23(10-12-30)33-18-25(20-3-6-22(29)7-4-20)24-8-5-21(28)17-26(24)33/h3-11,17-19H,12-16H2,1-2H3. The molecule has 2 aromatic carbocycles. The number of hydrogen-bond donors (Lipinski definition) is 0. The molecule has 1 fully saturated rings. The molecule has 0 aliphatic carbocycles. The van der Waals surface area contributed by atoms with Gasteiger partial charge in [0.15, 0.2) is 0 Å². The molecule has 7 heteroatoms. The third kappa shape index (κ3) is 4.30. The van der Waals surface area contributed by atoms with Gasteiger partial charge in [0.25, 0.3) is 0 Å². The normalized spacial score (nSPS) is 16.3. The molecule has 1 saturated heterocycles. The van der Waals surface area contributed by atoms with E-state index < -0.39 is 0 Å². The van der Waals surface area contributed by atoms with Crippen molar-refractivity contribution in [3.63, 3.8) is 0 Å². The van der Waals surface area contributed by atoms with Crippen molar-refractivity contribution in [3.8, 4) is 11.1 Å². The van der Waals surface area contributed by atoms with Crippen LogP contribution in [-0.2, 0) is 0 Å². The molecule has 0 atom stereocenters. The van der Waals surface area contributed by atoms with E-state index in [-0.39, 0.29) is 17.9 Å².